The normalized spacial score (nSPS) is 14.6. The van der Waals surface area contributed by atoms with E-state index in [1.54, 1.807) is 20.3 Å². The summed E-state index contributed by atoms with van der Waals surface area (Å²) in [4.78, 5) is 0. The molecule has 0 aliphatic heterocycles. The van der Waals surface area contributed by atoms with Crippen LogP contribution >= 0.6 is 0 Å². The second-order valence-corrected chi connectivity index (χ2v) is 5.61. The Kier molecular flexibility index (Phi) is 2.68. The van der Waals surface area contributed by atoms with Crippen LogP contribution in [0.4, 0.5) is 0 Å². The van der Waals surface area contributed by atoms with Gasteiger partial charge in [-0.25, -0.2) is 0 Å². The molecule has 0 aromatic heterocycles. The second kappa shape index (κ2) is 4.17. The Labute approximate surface area is 118 Å². The quantitative estimate of drug-likeness (QED) is 0.904. The Bertz CT molecular complexity index is 687. The van der Waals surface area contributed by atoms with Crippen molar-refractivity contribution < 1.29 is 14.6 Å². The fourth-order valence-corrected chi connectivity index (χ4v) is 3.05. The number of phenols is 1. The number of benzene rings is 2. The molecule has 0 bridgehead atoms. The number of hydrogen-bond acceptors (Lipinski definition) is 3. The van der Waals surface area contributed by atoms with Crippen molar-refractivity contribution in [2.45, 2.75) is 19.3 Å². The van der Waals surface area contributed by atoms with Gasteiger partial charge in [-0.05, 0) is 46.5 Å². The molecule has 0 heterocycles. The van der Waals surface area contributed by atoms with E-state index in [-0.39, 0.29) is 5.41 Å². The van der Waals surface area contributed by atoms with Crippen LogP contribution in [0.15, 0.2) is 30.3 Å². The molecule has 1 N–H and O–H groups in total. The van der Waals surface area contributed by atoms with E-state index in [9.17, 15) is 5.11 Å². The van der Waals surface area contributed by atoms with Gasteiger partial charge >= 0.3 is 0 Å². The van der Waals surface area contributed by atoms with Gasteiger partial charge < -0.3 is 14.6 Å². The van der Waals surface area contributed by atoms with Gasteiger partial charge in [0.1, 0.15) is 5.75 Å². The SMILES string of the molecule is COc1cc2c(cc1OC)C(C)(C)c1cc(O)ccc1-2. The maximum atomic E-state index is 9.76. The van der Waals surface area contributed by atoms with E-state index >= 15 is 0 Å². The first-order chi connectivity index (χ1) is 9.48. The Morgan fingerprint density at radius 1 is 0.850 bits per heavy atom. The van der Waals surface area contributed by atoms with E-state index in [1.165, 1.54) is 5.56 Å². The highest BCUT2D eigenvalue weighted by Gasteiger charge is 2.36. The molecule has 104 valence electrons. The van der Waals surface area contributed by atoms with Crippen molar-refractivity contribution in [2.75, 3.05) is 14.2 Å². The summed E-state index contributed by atoms with van der Waals surface area (Å²) in [5, 5.41) is 9.76. The Balaban J connectivity index is 2.32. The van der Waals surface area contributed by atoms with Crippen LogP contribution in [0.2, 0.25) is 0 Å². The lowest BCUT2D eigenvalue weighted by Crippen LogP contribution is -2.15. The van der Waals surface area contributed by atoms with Crippen LogP contribution in [0.3, 0.4) is 0 Å². The fraction of sp³-hybridized carbons (Fsp3) is 0.294. The number of fused-ring (bicyclic) bond motifs is 3. The van der Waals surface area contributed by atoms with Gasteiger partial charge in [0.2, 0.25) is 0 Å². The van der Waals surface area contributed by atoms with Gasteiger partial charge in [0.25, 0.3) is 0 Å². The average molecular weight is 270 g/mol. The van der Waals surface area contributed by atoms with Gasteiger partial charge in [-0.3, -0.25) is 0 Å². The molecule has 0 saturated carbocycles. The minimum atomic E-state index is -0.164. The molecule has 20 heavy (non-hydrogen) atoms. The smallest absolute Gasteiger partial charge is 0.161 e. The van der Waals surface area contributed by atoms with Gasteiger partial charge in [-0.15, -0.1) is 0 Å². The lowest BCUT2D eigenvalue weighted by Gasteiger charge is -2.22. The van der Waals surface area contributed by atoms with Crippen molar-refractivity contribution in [3.63, 3.8) is 0 Å². The number of rotatable bonds is 2. The molecule has 1 aliphatic rings. The Morgan fingerprint density at radius 2 is 1.45 bits per heavy atom. The molecule has 0 unspecified atom stereocenters. The molecule has 0 spiro atoms. The standard InChI is InChI=1S/C17H18O3/c1-17(2)13-7-10(18)5-6-11(13)12-8-15(19-3)16(20-4)9-14(12)17/h5-9,18H,1-4H3. The highest BCUT2D eigenvalue weighted by atomic mass is 16.5. The van der Waals surface area contributed by atoms with E-state index in [2.05, 4.69) is 13.8 Å². The molecule has 0 radical (unpaired) electrons. The Hall–Kier alpha value is -2.16. The third kappa shape index (κ3) is 1.59. The van der Waals surface area contributed by atoms with Crippen LogP contribution in [0.25, 0.3) is 11.1 Å². The van der Waals surface area contributed by atoms with Gasteiger partial charge in [0.15, 0.2) is 11.5 Å². The van der Waals surface area contributed by atoms with Crippen LogP contribution in [0.1, 0.15) is 25.0 Å². The van der Waals surface area contributed by atoms with Crippen LogP contribution < -0.4 is 9.47 Å². The molecule has 1 aliphatic carbocycles. The molecule has 2 aromatic rings. The largest absolute Gasteiger partial charge is 0.508 e. The molecule has 0 amide bonds. The van der Waals surface area contributed by atoms with E-state index < -0.39 is 0 Å². The average Bonchev–Trinajstić information content (AvgIpc) is 2.65. The molecule has 3 nitrogen and oxygen atoms in total. The van der Waals surface area contributed by atoms with Crippen LogP contribution in [-0.2, 0) is 5.41 Å². The summed E-state index contributed by atoms with van der Waals surface area (Å²) in [5.74, 6) is 1.75. The third-order valence-corrected chi connectivity index (χ3v) is 4.16. The number of ether oxygens (including phenoxy) is 2. The molecular formula is C17H18O3. The summed E-state index contributed by atoms with van der Waals surface area (Å²) in [7, 11) is 3.28. The van der Waals surface area contributed by atoms with Gasteiger partial charge in [0, 0.05) is 5.41 Å². The van der Waals surface area contributed by atoms with E-state index in [4.69, 9.17) is 9.47 Å². The number of phenolic OH excluding ortho intramolecular Hbond substituents is 1. The minimum absolute atomic E-state index is 0.164. The monoisotopic (exact) mass is 270 g/mol. The zero-order chi connectivity index (χ0) is 14.5. The van der Waals surface area contributed by atoms with Crippen LogP contribution in [-0.4, -0.2) is 19.3 Å². The lowest BCUT2D eigenvalue weighted by molar-refractivity contribution is 0.354. The first kappa shape index (κ1) is 12.9. The topological polar surface area (TPSA) is 38.7 Å². The number of aromatic hydroxyl groups is 1. The van der Waals surface area contributed by atoms with E-state index in [0.717, 1.165) is 28.2 Å². The summed E-state index contributed by atoms with van der Waals surface area (Å²) in [6.07, 6.45) is 0. The molecule has 0 saturated heterocycles. The summed E-state index contributed by atoms with van der Waals surface area (Å²) >= 11 is 0. The van der Waals surface area contributed by atoms with Gasteiger partial charge in [-0.1, -0.05) is 19.9 Å². The predicted octanol–water partition coefficient (Wildman–Crippen LogP) is 3.72. The van der Waals surface area contributed by atoms with Crippen LogP contribution in [0.5, 0.6) is 17.2 Å². The predicted molar refractivity (Wildman–Crippen MR) is 78.8 cm³/mol. The molecule has 0 atom stereocenters. The van der Waals surface area contributed by atoms with Crippen molar-refractivity contribution in [2.24, 2.45) is 0 Å². The summed E-state index contributed by atoms with van der Waals surface area (Å²) in [5.41, 5.74) is 4.44. The van der Waals surface area contributed by atoms with Gasteiger partial charge in [-0.2, -0.15) is 0 Å². The zero-order valence-electron chi connectivity index (χ0n) is 12.2. The van der Waals surface area contributed by atoms with Crippen LogP contribution in [0, 0.1) is 0 Å². The fourth-order valence-electron chi connectivity index (χ4n) is 3.05. The molecule has 2 aromatic carbocycles. The first-order valence-electron chi connectivity index (χ1n) is 6.59. The van der Waals surface area contributed by atoms with Crippen molar-refractivity contribution in [3.05, 3.63) is 41.5 Å². The Morgan fingerprint density at radius 3 is 2.10 bits per heavy atom. The van der Waals surface area contributed by atoms with Gasteiger partial charge in [0.05, 0.1) is 14.2 Å². The highest BCUT2D eigenvalue weighted by Crippen LogP contribution is 2.52. The molecule has 3 rings (SSSR count). The number of hydrogen-bond donors (Lipinski definition) is 1. The summed E-state index contributed by atoms with van der Waals surface area (Å²) < 4.78 is 10.8. The molecular weight excluding hydrogens is 252 g/mol. The second-order valence-electron chi connectivity index (χ2n) is 5.61. The van der Waals surface area contributed by atoms with E-state index in [0.29, 0.717) is 5.75 Å². The number of methoxy groups -OCH3 is 2. The van der Waals surface area contributed by atoms with Crippen molar-refractivity contribution >= 4 is 0 Å². The van der Waals surface area contributed by atoms with Crippen molar-refractivity contribution in [3.8, 4) is 28.4 Å². The first-order valence-corrected chi connectivity index (χ1v) is 6.59. The highest BCUT2D eigenvalue weighted by molar-refractivity contribution is 5.83. The molecule has 0 fully saturated rings. The maximum Gasteiger partial charge on any atom is 0.161 e. The zero-order valence-corrected chi connectivity index (χ0v) is 12.2. The van der Waals surface area contributed by atoms with E-state index in [1.807, 2.05) is 24.3 Å². The minimum Gasteiger partial charge on any atom is -0.508 e. The molecule has 3 heteroatoms. The maximum absolute atomic E-state index is 9.76. The summed E-state index contributed by atoms with van der Waals surface area (Å²) in [6, 6.07) is 9.57. The third-order valence-electron chi connectivity index (χ3n) is 4.16. The summed E-state index contributed by atoms with van der Waals surface area (Å²) in [6.45, 7) is 4.31. The van der Waals surface area contributed by atoms with Crippen molar-refractivity contribution in [1.82, 2.24) is 0 Å². The van der Waals surface area contributed by atoms with Crippen molar-refractivity contribution in [1.29, 1.82) is 0 Å². The lowest BCUT2D eigenvalue weighted by atomic mass is 9.82.